The number of aliphatic hydroxyl groups is 1. The van der Waals surface area contributed by atoms with Crippen LogP contribution in [0, 0.1) is 6.92 Å². The fourth-order valence-corrected chi connectivity index (χ4v) is 1.47. The third-order valence-electron chi connectivity index (χ3n) is 1.83. The molecule has 2 N–H and O–H groups in total. The Kier molecular flexibility index (Phi) is 3.56. The first-order valence-corrected chi connectivity index (χ1v) is 5.40. The lowest BCUT2D eigenvalue weighted by Crippen LogP contribution is -2.29. The highest BCUT2D eigenvalue weighted by Crippen LogP contribution is 2.23. The van der Waals surface area contributed by atoms with Crippen molar-refractivity contribution in [1.29, 1.82) is 0 Å². The van der Waals surface area contributed by atoms with Gasteiger partial charge >= 0.3 is 0 Å². The number of anilines is 1. The molecule has 0 fully saturated rings. The second kappa shape index (κ2) is 4.32. The van der Waals surface area contributed by atoms with Crippen LogP contribution in [0.3, 0.4) is 0 Å². The number of benzene rings is 1. The third kappa shape index (κ3) is 3.68. The molecule has 0 aliphatic heterocycles. The van der Waals surface area contributed by atoms with E-state index in [0.717, 1.165) is 10.2 Å². The summed E-state index contributed by atoms with van der Waals surface area (Å²) in [5, 5.41) is 12.8. The van der Waals surface area contributed by atoms with Crippen molar-refractivity contribution in [3.63, 3.8) is 0 Å². The van der Waals surface area contributed by atoms with Crippen LogP contribution in [-0.2, 0) is 0 Å². The van der Waals surface area contributed by atoms with E-state index in [-0.39, 0.29) is 0 Å². The molecule has 0 aliphatic carbocycles. The van der Waals surface area contributed by atoms with Crippen molar-refractivity contribution < 1.29 is 5.11 Å². The number of halogens is 1. The maximum Gasteiger partial charge on any atom is 0.0763 e. The van der Waals surface area contributed by atoms with E-state index >= 15 is 0 Å². The second-order valence-electron chi connectivity index (χ2n) is 4.15. The van der Waals surface area contributed by atoms with E-state index in [9.17, 15) is 5.11 Å². The Morgan fingerprint density at radius 2 is 2.07 bits per heavy atom. The zero-order chi connectivity index (χ0) is 10.8. The van der Waals surface area contributed by atoms with Crippen molar-refractivity contribution >= 4 is 21.6 Å². The van der Waals surface area contributed by atoms with Crippen LogP contribution in [0.4, 0.5) is 5.69 Å². The number of aryl methyl sites for hydroxylation is 1. The van der Waals surface area contributed by atoms with E-state index in [1.165, 1.54) is 5.56 Å². The Balaban J connectivity index is 2.72. The molecular formula is C11H16BrNO. The number of hydrogen-bond acceptors (Lipinski definition) is 2. The zero-order valence-electron chi connectivity index (χ0n) is 8.76. The third-order valence-corrected chi connectivity index (χ3v) is 2.52. The van der Waals surface area contributed by atoms with Crippen LogP contribution >= 0.6 is 15.9 Å². The Morgan fingerprint density at radius 3 is 2.64 bits per heavy atom. The second-order valence-corrected chi connectivity index (χ2v) is 5.00. The van der Waals surface area contributed by atoms with Crippen LogP contribution in [0.25, 0.3) is 0 Å². The van der Waals surface area contributed by atoms with Gasteiger partial charge in [-0.25, -0.2) is 0 Å². The van der Waals surface area contributed by atoms with Gasteiger partial charge in [0.2, 0.25) is 0 Å². The quantitative estimate of drug-likeness (QED) is 0.873. The van der Waals surface area contributed by atoms with Crippen molar-refractivity contribution in [2.45, 2.75) is 26.4 Å². The number of hydrogen-bond donors (Lipinski definition) is 2. The SMILES string of the molecule is Cc1ccc(Br)c(NCC(C)(C)O)c1. The van der Waals surface area contributed by atoms with Gasteiger partial charge in [-0.05, 0) is 54.4 Å². The smallest absolute Gasteiger partial charge is 0.0763 e. The topological polar surface area (TPSA) is 32.3 Å². The van der Waals surface area contributed by atoms with Gasteiger partial charge in [0, 0.05) is 16.7 Å². The molecule has 0 saturated heterocycles. The Hall–Kier alpha value is -0.540. The monoisotopic (exact) mass is 257 g/mol. The lowest BCUT2D eigenvalue weighted by molar-refractivity contribution is 0.0945. The molecule has 0 aliphatic rings. The predicted molar refractivity (Wildman–Crippen MR) is 63.7 cm³/mol. The van der Waals surface area contributed by atoms with Crippen molar-refractivity contribution in [2.24, 2.45) is 0 Å². The summed E-state index contributed by atoms with van der Waals surface area (Å²) >= 11 is 3.45. The van der Waals surface area contributed by atoms with E-state index in [4.69, 9.17) is 0 Å². The van der Waals surface area contributed by atoms with E-state index < -0.39 is 5.60 Å². The first-order chi connectivity index (χ1) is 6.38. The Bertz CT molecular complexity index is 318. The fraction of sp³-hybridized carbons (Fsp3) is 0.455. The van der Waals surface area contributed by atoms with Crippen molar-refractivity contribution in [3.8, 4) is 0 Å². The number of rotatable bonds is 3. The first kappa shape index (κ1) is 11.5. The fourth-order valence-electron chi connectivity index (χ4n) is 1.09. The van der Waals surface area contributed by atoms with E-state index in [1.807, 2.05) is 19.1 Å². The minimum Gasteiger partial charge on any atom is -0.389 e. The van der Waals surface area contributed by atoms with Crippen molar-refractivity contribution in [3.05, 3.63) is 28.2 Å². The van der Waals surface area contributed by atoms with Crippen LogP contribution in [0.15, 0.2) is 22.7 Å². The average molecular weight is 258 g/mol. The van der Waals surface area contributed by atoms with Crippen LogP contribution < -0.4 is 5.32 Å². The molecule has 0 atom stereocenters. The van der Waals surface area contributed by atoms with Gasteiger partial charge < -0.3 is 10.4 Å². The summed E-state index contributed by atoms with van der Waals surface area (Å²) in [5.74, 6) is 0. The predicted octanol–water partition coefficient (Wildman–Crippen LogP) is 2.94. The van der Waals surface area contributed by atoms with Crippen molar-refractivity contribution in [2.75, 3.05) is 11.9 Å². The van der Waals surface area contributed by atoms with Crippen LogP contribution in [0.1, 0.15) is 19.4 Å². The standard InChI is InChI=1S/C11H16BrNO/c1-8-4-5-9(12)10(6-8)13-7-11(2,3)14/h4-6,13-14H,7H2,1-3H3. The summed E-state index contributed by atoms with van der Waals surface area (Å²) in [6, 6.07) is 6.09. The molecule has 0 aromatic heterocycles. The molecular weight excluding hydrogens is 242 g/mol. The molecule has 1 rings (SSSR count). The van der Waals surface area contributed by atoms with Crippen LogP contribution in [0.5, 0.6) is 0 Å². The molecule has 0 amide bonds. The Labute approximate surface area is 93.5 Å². The van der Waals surface area contributed by atoms with Gasteiger partial charge in [-0.1, -0.05) is 6.07 Å². The molecule has 0 spiro atoms. The molecule has 2 nitrogen and oxygen atoms in total. The Morgan fingerprint density at radius 1 is 1.43 bits per heavy atom. The summed E-state index contributed by atoms with van der Waals surface area (Å²) in [4.78, 5) is 0. The molecule has 0 heterocycles. The largest absolute Gasteiger partial charge is 0.389 e. The van der Waals surface area contributed by atoms with Gasteiger partial charge in [0.1, 0.15) is 0 Å². The van der Waals surface area contributed by atoms with Gasteiger partial charge in [-0.15, -0.1) is 0 Å². The zero-order valence-corrected chi connectivity index (χ0v) is 10.4. The minimum absolute atomic E-state index is 0.537. The van der Waals surface area contributed by atoms with Gasteiger partial charge in [0.05, 0.1) is 5.60 Å². The minimum atomic E-state index is -0.691. The molecule has 0 bridgehead atoms. The summed E-state index contributed by atoms with van der Waals surface area (Å²) in [7, 11) is 0. The average Bonchev–Trinajstić information content (AvgIpc) is 2.05. The first-order valence-electron chi connectivity index (χ1n) is 4.61. The highest BCUT2D eigenvalue weighted by atomic mass is 79.9. The molecule has 14 heavy (non-hydrogen) atoms. The summed E-state index contributed by atoms with van der Waals surface area (Å²) in [6.07, 6.45) is 0. The van der Waals surface area contributed by atoms with E-state index in [2.05, 4.69) is 27.3 Å². The summed E-state index contributed by atoms with van der Waals surface area (Å²) < 4.78 is 1.02. The lowest BCUT2D eigenvalue weighted by atomic mass is 10.1. The summed E-state index contributed by atoms with van der Waals surface area (Å²) in [5.41, 5.74) is 1.53. The maximum atomic E-state index is 9.56. The van der Waals surface area contributed by atoms with Crippen LogP contribution in [-0.4, -0.2) is 17.3 Å². The molecule has 0 radical (unpaired) electrons. The molecule has 78 valence electrons. The highest BCUT2D eigenvalue weighted by molar-refractivity contribution is 9.10. The molecule has 3 heteroatoms. The lowest BCUT2D eigenvalue weighted by Gasteiger charge is -2.19. The van der Waals surface area contributed by atoms with E-state index in [0.29, 0.717) is 6.54 Å². The van der Waals surface area contributed by atoms with Crippen LogP contribution in [0.2, 0.25) is 0 Å². The van der Waals surface area contributed by atoms with Crippen molar-refractivity contribution in [1.82, 2.24) is 0 Å². The molecule has 0 saturated carbocycles. The van der Waals surface area contributed by atoms with E-state index in [1.54, 1.807) is 13.8 Å². The maximum absolute atomic E-state index is 9.56. The normalized spacial score (nSPS) is 11.5. The molecule has 1 aromatic rings. The number of nitrogens with one attached hydrogen (secondary N) is 1. The van der Waals surface area contributed by atoms with Gasteiger partial charge in [-0.2, -0.15) is 0 Å². The van der Waals surface area contributed by atoms with Gasteiger partial charge in [-0.3, -0.25) is 0 Å². The summed E-state index contributed by atoms with van der Waals surface area (Å²) in [6.45, 7) is 6.14. The molecule has 1 aromatic carbocycles. The van der Waals surface area contributed by atoms with Gasteiger partial charge in [0.15, 0.2) is 0 Å². The molecule has 0 unspecified atom stereocenters. The van der Waals surface area contributed by atoms with Gasteiger partial charge in [0.25, 0.3) is 0 Å². The highest BCUT2D eigenvalue weighted by Gasteiger charge is 2.12.